The lowest BCUT2D eigenvalue weighted by atomic mass is 10.1. The number of hydrogen-bond donors (Lipinski definition) is 1. The smallest absolute Gasteiger partial charge is 0.269 e. The summed E-state index contributed by atoms with van der Waals surface area (Å²) in [6.07, 6.45) is 0. The number of aryl methyl sites for hydroxylation is 1. The maximum atomic E-state index is 12.4. The van der Waals surface area contributed by atoms with Gasteiger partial charge < -0.3 is 14.8 Å². The Morgan fingerprint density at radius 1 is 1.09 bits per heavy atom. The molecule has 0 aliphatic rings. The number of nitrogens with one attached hydrogen (secondary N) is 1. The van der Waals surface area contributed by atoms with E-state index in [1.54, 1.807) is 25.1 Å². The highest BCUT2D eigenvalue weighted by molar-refractivity contribution is 6.05. The molecule has 0 unspecified atom stereocenters. The summed E-state index contributed by atoms with van der Waals surface area (Å²) in [6, 6.07) is 9.07. The molecule has 23 heavy (non-hydrogen) atoms. The number of non-ortho nitro benzene ring substituents is 1. The second-order valence-electron chi connectivity index (χ2n) is 4.81. The monoisotopic (exact) mass is 316 g/mol. The Morgan fingerprint density at radius 2 is 1.70 bits per heavy atom. The molecule has 0 saturated carbocycles. The van der Waals surface area contributed by atoms with E-state index in [0.29, 0.717) is 28.3 Å². The standard InChI is InChI=1S/C16H16N2O5/c1-10-6-12(18(20)21)4-5-15(10)17-16(19)11-7-13(22-2)9-14(8-11)23-3/h4-9H,1-3H3,(H,17,19). The predicted octanol–water partition coefficient (Wildman–Crippen LogP) is 3.17. The van der Waals surface area contributed by atoms with Crippen LogP contribution in [0, 0.1) is 17.0 Å². The maximum absolute atomic E-state index is 12.4. The van der Waals surface area contributed by atoms with E-state index >= 15 is 0 Å². The molecular formula is C16H16N2O5. The fourth-order valence-corrected chi connectivity index (χ4v) is 2.03. The summed E-state index contributed by atoms with van der Waals surface area (Å²) in [7, 11) is 2.99. The summed E-state index contributed by atoms with van der Waals surface area (Å²) in [4.78, 5) is 22.6. The van der Waals surface area contributed by atoms with Gasteiger partial charge in [0.1, 0.15) is 11.5 Å². The lowest BCUT2D eigenvalue weighted by molar-refractivity contribution is -0.384. The summed E-state index contributed by atoms with van der Waals surface area (Å²) in [5.74, 6) is 0.629. The second kappa shape index (κ2) is 6.78. The van der Waals surface area contributed by atoms with Gasteiger partial charge in [-0.25, -0.2) is 0 Å². The fourth-order valence-electron chi connectivity index (χ4n) is 2.03. The van der Waals surface area contributed by atoms with Gasteiger partial charge in [-0.2, -0.15) is 0 Å². The van der Waals surface area contributed by atoms with Gasteiger partial charge in [0.2, 0.25) is 0 Å². The summed E-state index contributed by atoms with van der Waals surface area (Å²) < 4.78 is 10.3. The van der Waals surface area contributed by atoms with E-state index < -0.39 is 4.92 Å². The molecule has 2 rings (SSSR count). The van der Waals surface area contributed by atoms with Crippen molar-refractivity contribution in [1.29, 1.82) is 0 Å². The number of methoxy groups -OCH3 is 2. The Hall–Kier alpha value is -3.09. The van der Waals surface area contributed by atoms with Gasteiger partial charge in [-0.3, -0.25) is 14.9 Å². The SMILES string of the molecule is COc1cc(OC)cc(C(=O)Nc2ccc([N+](=O)[O-])cc2C)c1. The first-order valence-corrected chi connectivity index (χ1v) is 6.74. The number of rotatable bonds is 5. The zero-order chi connectivity index (χ0) is 17.0. The molecule has 0 aliphatic carbocycles. The van der Waals surface area contributed by atoms with Crippen molar-refractivity contribution in [2.24, 2.45) is 0 Å². The average Bonchev–Trinajstić information content (AvgIpc) is 2.55. The molecular weight excluding hydrogens is 300 g/mol. The zero-order valence-corrected chi connectivity index (χ0v) is 13.0. The van der Waals surface area contributed by atoms with Gasteiger partial charge in [-0.05, 0) is 30.7 Å². The predicted molar refractivity (Wildman–Crippen MR) is 85.3 cm³/mol. The van der Waals surface area contributed by atoms with Crippen LogP contribution >= 0.6 is 0 Å². The number of carbonyl (C=O) groups excluding carboxylic acids is 1. The van der Waals surface area contributed by atoms with E-state index in [2.05, 4.69) is 5.32 Å². The normalized spacial score (nSPS) is 10.0. The third-order valence-electron chi connectivity index (χ3n) is 3.28. The summed E-state index contributed by atoms with van der Waals surface area (Å²) >= 11 is 0. The summed E-state index contributed by atoms with van der Waals surface area (Å²) in [5, 5.41) is 13.5. The first-order valence-electron chi connectivity index (χ1n) is 6.74. The molecule has 0 atom stereocenters. The lowest BCUT2D eigenvalue weighted by Gasteiger charge is -2.10. The van der Waals surface area contributed by atoms with E-state index in [1.165, 1.54) is 32.4 Å². The van der Waals surface area contributed by atoms with Crippen LogP contribution in [0.2, 0.25) is 0 Å². The lowest BCUT2D eigenvalue weighted by Crippen LogP contribution is -2.13. The first-order chi connectivity index (χ1) is 10.9. The number of hydrogen-bond acceptors (Lipinski definition) is 5. The van der Waals surface area contributed by atoms with E-state index in [0.717, 1.165) is 0 Å². The van der Waals surface area contributed by atoms with Crippen molar-refractivity contribution in [2.45, 2.75) is 6.92 Å². The number of ether oxygens (including phenoxy) is 2. The molecule has 2 aromatic rings. The van der Waals surface area contributed by atoms with Crippen molar-refractivity contribution in [3.63, 3.8) is 0 Å². The Kier molecular flexibility index (Phi) is 4.80. The fraction of sp³-hybridized carbons (Fsp3) is 0.188. The molecule has 0 fully saturated rings. The number of amides is 1. The van der Waals surface area contributed by atoms with Crippen LogP contribution in [0.5, 0.6) is 11.5 Å². The third-order valence-corrected chi connectivity index (χ3v) is 3.28. The number of carbonyl (C=O) groups is 1. The summed E-state index contributed by atoms with van der Waals surface area (Å²) in [5.41, 5.74) is 1.44. The van der Waals surface area contributed by atoms with E-state index in [4.69, 9.17) is 9.47 Å². The van der Waals surface area contributed by atoms with Gasteiger partial charge in [0.15, 0.2) is 0 Å². The molecule has 2 aromatic carbocycles. The molecule has 0 aromatic heterocycles. The van der Waals surface area contributed by atoms with Gasteiger partial charge in [-0.1, -0.05) is 0 Å². The molecule has 120 valence electrons. The van der Waals surface area contributed by atoms with Crippen LogP contribution in [-0.2, 0) is 0 Å². The first kappa shape index (κ1) is 16.3. The van der Waals surface area contributed by atoms with Crippen LogP contribution in [0.4, 0.5) is 11.4 Å². The van der Waals surface area contributed by atoms with Crippen molar-refractivity contribution in [3.8, 4) is 11.5 Å². The largest absolute Gasteiger partial charge is 0.497 e. The van der Waals surface area contributed by atoms with E-state index in [1.807, 2.05) is 0 Å². The highest BCUT2D eigenvalue weighted by Gasteiger charge is 2.13. The quantitative estimate of drug-likeness (QED) is 0.676. The van der Waals surface area contributed by atoms with Crippen LogP contribution in [0.3, 0.4) is 0 Å². The van der Waals surface area contributed by atoms with Gasteiger partial charge in [0.05, 0.1) is 19.1 Å². The molecule has 0 bridgehead atoms. The molecule has 0 radical (unpaired) electrons. The second-order valence-corrected chi connectivity index (χ2v) is 4.81. The van der Waals surface area contributed by atoms with Crippen LogP contribution in [-0.4, -0.2) is 25.1 Å². The Morgan fingerprint density at radius 3 is 2.17 bits per heavy atom. The molecule has 0 spiro atoms. The molecule has 7 nitrogen and oxygen atoms in total. The highest BCUT2D eigenvalue weighted by atomic mass is 16.6. The molecule has 7 heteroatoms. The number of nitro groups is 1. The van der Waals surface area contributed by atoms with Crippen molar-refractivity contribution in [1.82, 2.24) is 0 Å². The average molecular weight is 316 g/mol. The maximum Gasteiger partial charge on any atom is 0.269 e. The van der Waals surface area contributed by atoms with E-state index in [-0.39, 0.29) is 11.6 Å². The highest BCUT2D eigenvalue weighted by Crippen LogP contribution is 2.25. The van der Waals surface area contributed by atoms with Crippen LogP contribution < -0.4 is 14.8 Å². The van der Waals surface area contributed by atoms with Crippen molar-refractivity contribution < 1.29 is 19.2 Å². The van der Waals surface area contributed by atoms with E-state index in [9.17, 15) is 14.9 Å². The number of anilines is 1. The van der Waals surface area contributed by atoms with Gasteiger partial charge in [0, 0.05) is 29.4 Å². The minimum Gasteiger partial charge on any atom is -0.497 e. The zero-order valence-electron chi connectivity index (χ0n) is 13.0. The molecule has 0 heterocycles. The van der Waals surface area contributed by atoms with Crippen molar-refractivity contribution in [2.75, 3.05) is 19.5 Å². The van der Waals surface area contributed by atoms with Crippen LogP contribution in [0.1, 0.15) is 15.9 Å². The van der Waals surface area contributed by atoms with Gasteiger partial charge in [0.25, 0.3) is 11.6 Å². The van der Waals surface area contributed by atoms with Crippen LogP contribution in [0.15, 0.2) is 36.4 Å². The third kappa shape index (κ3) is 3.76. The Labute approximate surface area is 133 Å². The summed E-state index contributed by atoms with van der Waals surface area (Å²) in [6.45, 7) is 1.69. The van der Waals surface area contributed by atoms with Gasteiger partial charge in [-0.15, -0.1) is 0 Å². The number of benzene rings is 2. The Balaban J connectivity index is 2.27. The number of nitro benzene ring substituents is 1. The Bertz CT molecular complexity index is 736. The van der Waals surface area contributed by atoms with Gasteiger partial charge >= 0.3 is 0 Å². The minimum atomic E-state index is -0.481. The molecule has 1 N–H and O–H groups in total. The molecule has 0 aliphatic heterocycles. The minimum absolute atomic E-state index is 0.0245. The van der Waals surface area contributed by atoms with Crippen molar-refractivity contribution >= 4 is 17.3 Å². The number of nitrogens with zero attached hydrogens (tertiary/aromatic N) is 1. The topological polar surface area (TPSA) is 90.7 Å². The van der Waals surface area contributed by atoms with Crippen LogP contribution in [0.25, 0.3) is 0 Å². The van der Waals surface area contributed by atoms with Crippen molar-refractivity contribution in [3.05, 3.63) is 57.6 Å². The molecule has 0 saturated heterocycles. The molecule has 1 amide bonds.